The highest BCUT2D eigenvalue weighted by molar-refractivity contribution is 14.1. The summed E-state index contributed by atoms with van der Waals surface area (Å²) in [6, 6.07) is 17.6. The summed E-state index contributed by atoms with van der Waals surface area (Å²) < 4.78 is 2.72. The van der Waals surface area contributed by atoms with Gasteiger partial charge in [0.15, 0.2) is 0 Å². The minimum absolute atomic E-state index is 0.124. The van der Waals surface area contributed by atoms with Crippen LogP contribution in [-0.4, -0.2) is 15.7 Å². The molecule has 23 heavy (non-hydrogen) atoms. The maximum Gasteiger partial charge on any atom is 0.257 e. The van der Waals surface area contributed by atoms with Gasteiger partial charge in [0.1, 0.15) is 5.82 Å². The van der Waals surface area contributed by atoms with Gasteiger partial charge in [0.05, 0.1) is 18.3 Å². The first-order valence-electron chi connectivity index (χ1n) is 7.27. The van der Waals surface area contributed by atoms with Crippen molar-refractivity contribution in [1.82, 2.24) is 9.78 Å². The van der Waals surface area contributed by atoms with Crippen LogP contribution in [0.4, 0.5) is 5.82 Å². The summed E-state index contributed by atoms with van der Waals surface area (Å²) in [5.41, 5.74) is 3.02. The van der Waals surface area contributed by atoms with Crippen LogP contribution >= 0.6 is 22.6 Å². The number of aromatic nitrogens is 2. The molecule has 0 saturated heterocycles. The standard InChI is InChI=1S/C18H16IN3O/c1-13-5-4-6-14(11-13)12-22-17(9-10-20-22)21-18(23)15-7-2-3-8-16(15)19/h2-11H,12H2,1H3,(H,21,23). The second kappa shape index (κ2) is 6.95. The third-order valence-corrected chi connectivity index (χ3v) is 4.43. The Morgan fingerprint density at radius 3 is 2.78 bits per heavy atom. The minimum Gasteiger partial charge on any atom is -0.307 e. The van der Waals surface area contributed by atoms with E-state index >= 15 is 0 Å². The van der Waals surface area contributed by atoms with Gasteiger partial charge in [0.25, 0.3) is 5.91 Å². The average Bonchev–Trinajstić information content (AvgIpc) is 2.94. The Kier molecular flexibility index (Phi) is 4.76. The molecule has 0 aliphatic heterocycles. The maximum atomic E-state index is 12.4. The van der Waals surface area contributed by atoms with Crippen molar-refractivity contribution in [3.8, 4) is 0 Å². The van der Waals surface area contributed by atoms with E-state index in [9.17, 15) is 4.79 Å². The van der Waals surface area contributed by atoms with Crippen molar-refractivity contribution in [3.63, 3.8) is 0 Å². The van der Waals surface area contributed by atoms with Gasteiger partial charge in [-0.2, -0.15) is 5.10 Å². The summed E-state index contributed by atoms with van der Waals surface area (Å²) >= 11 is 2.16. The lowest BCUT2D eigenvalue weighted by molar-refractivity contribution is 0.102. The molecule has 0 unspecified atom stereocenters. The molecule has 0 radical (unpaired) electrons. The third-order valence-electron chi connectivity index (χ3n) is 3.49. The van der Waals surface area contributed by atoms with Crippen LogP contribution in [0.15, 0.2) is 60.8 Å². The fourth-order valence-electron chi connectivity index (χ4n) is 2.38. The molecule has 3 aromatic rings. The highest BCUT2D eigenvalue weighted by Gasteiger charge is 2.12. The van der Waals surface area contributed by atoms with Crippen molar-refractivity contribution in [2.45, 2.75) is 13.5 Å². The van der Waals surface area contributed by atoms with Crippen LogP contribution in [-0.2, 0) is 6.54 Å². The first-order chi connectivity index (χ1) is 11.1. The molecule has 1 amide bonds. The summed E-state index contributed by atoms with van der Waals surface area (Å²) in [5.74, 6) is 0.567. The largest absolute Gasteiger partial charge is 0.307 e. The molecule has 0 aliphatic carbocycles. The van der Waals surface area contributed by atoms with Crippen molar-refractivity contribution in [3.05, 3.63) is 81.1 Å². The van der Waals surface area contributed by atoms with E-state index in [4.69, 9.17) is 0 Å². The Hall–Kier alpha value is -2.15. The fraction of sp³-hybridized carbons (Fsp3) is 0.111. The first kappa shape index (κ1) is 15.7. The van der Waals surface area contributed by atoms with Crippen molar-refractivity contribution < 1.29 is 4.79 Å². The van der Waals surface area contributed by atoms with Crippen molar-refractivity contribution in [1.29, 1.82) is 0 Å². The number of aryl methyl sites for hydroxylation is 1. The number of anilines is 1. The molecule has 0 bridgehead atoms. The summed E-state index contributed by atoms with van der Waals surface area (Å²) in [5, 5.41) is 7.25. The van der Waals surface area contributed by atoms with E-state index in [1.54, 1.807) is 10.9 Å². The molecule has 0 spiro atoms. The predicted octanol–water partition coefficient (Wildman–Crippen LogP) is 4.10. The molecule has 2 aromatic carbocycles. The monoisotopic (exact) mass is 417 g/mol. The van der Waals surface area contributed by atoms with Crippen LogP contribution in [0, 0.1) is 10.5 Å². The molecule has 0 atom stereocenters. The Bertz CT molecular complexity index is 842. The number of carbonyl (C=O) groups is 1. The molecule has 116 valence electrons. The van der Waals surface area contributed by atoms with Gasteiger partial charge in [-0.15, -0.1) is 0 Å². The Balaban J connectivity index is 1.79. The Labute approximate surface area is 148 Å². The second-order valence-corrected chi connectivity index (χ2v) is 6.46. The minimum atomic E-state index is -0.124. The maximum absolute atomic E-state index is 12.4. The molecule has 0 fully saturated rings. The van der Waals surface area contributed by atoms with Crippen LogP contribution in [0.1, 0.15) is 21.5 Å². The lowest BCUT2D eigenvalue weighted by Gasteiger charge is -2.10. The fourth-order valence-corrected chi connectivity index (χ4v) is 3.01. The highest BCUT2D eigenvalue weighted by atomic mass is 127. The zero-order valence-corrected chi connectivity index (χ0v) is 14.8. The molecule has 1 N–H and O–H groups in total. The van der Waals surface area contributed by atoms with Gasteiger partial charge in [0, 0.05) is 9.64 Å². The summed E-state index contributed by atoms with van der Waals surface area (Å²) in [4.78, 5) is 12.4. The van der Waals surface area contributed by atoms with Gasteiger partial charge in [-0.3, -0.25) is 4.79 Å². The van der Waals surface area contributed by atoms with E-state index in [-0.39, 0.29) is 5.91 Å². The number of halogens is 1. The lowest BCUT2D eigenvalue weighted by atomic mass is 10.1. The molecule has 0 saturated carbocycles. The van der Waals surface area contributed by atoms with E-state index in [0.717, 1.165) is 9.13 Å². The molecule has 4 nitrogen and oxygen atoms in total. The van der Waals surface area contributed by atoms with Crippen LogP contribution < -0.4 is 5.32 Å². The first-order valence-corrected chi connectivity index (χ1v) is 8.34. The van der Waals surface area contributed by atoms with Gasteiger partial charge >= 0.3 is 0 Å². The van der Waals surface area contributed by atoms with E-state index in [1.165, 1.54) is 5.56 Å². The topological polar surface area (TPSA) is 46.9 Å². The van der Waals surface area contributed by atoms with Crippen molar-refractivity contribution in [2.24, 2.45) is 0 Å². The highest BCUT2D eigenvalue weighted by Crippen LogP contribution is 2.16. The van der Waals surface area contributed by atoms with E-state index in [1.807, 2.05) is 36.4 Å². The molecule has 5 heteroatoms. The van der Waals surface area contributed by atoms with Crippen molar-refractivity contribution in [2.75, 3.05) is 5.32 Å². The van der Waals surface area contributed by atoms with Gasteiger partial charge < -0.3 is 5.32 Å². The van der Waals surface area contributed by atoms with Gasteiger partial charge in [0.2, 0.25) is 0 Å². The summed E-state index contributed by atoms with van der Waals surface area (Å²) in [6.07, 6.45) is 1.70. The van der Waals surface area contributed by atoms with E-state index in [2.05, 4.69) is 58.1 Å². The average molecular weight is 417 g/mol. The number of carbonyl (C=O) groups excluding carboxylic acids is 1. The number of hydrogen-bond donors (Lipinski definition) is 1. The quantitative estimate of drug-likeness (QED) is 0.650. The smallest absolute Gasteiger partial charge is 0.257 e. The molecule has 1 heterocycles. The van der Waals surface area contributed by atoms with Crippen LogP contribution in [0.5, 0.6) is 0 Å². The van der Waals surface area contributed by atoms with Crippen LogP contribution in [0.3, 0.4) is 0 Å². The van der Waals surface area contributed by atoms with Gasteiger partial charge in [-0.1, -0.05) is 42.0 Å². The number of rotatable bonds is 4. The number of nitrogens with zero attached hydrogens (tertiary/aromatic N) is 2. The zero-order chi connectivity index (χ0) is 16.2. The second-order valence-electron chi connectivity index (χ2n) is 5.30. The molecular weight excluding hydrogens is 401 g/mol. The van der Waals surface area contributed by atoms with Crippen LogP contribution in [0.2, 0.25) is 0 Å². The Morgan fingerprint density at radius 1 is 1.17 bits per heavy atom. The predicted molar refractivity (Wildman–Crippen MR) is 99.6 cm³/mol. The number of amides is 1. The Morgan fingerprint density at radius 2 is 2.00 bits per heavy atom. The van der Waals surface area contributed by atoms with E-state index < -0.39 is 0 Å². The SMILES string of the molecule is Cc1cccc(Cn2nccc2NC(=O)c2ccccc2I)c1. The summed E-state index contributed by atoms with van der Waals surface area (Å²) in [6.45, 7) is 2.68. The summed E-state index contributed by atoms with van der Waals surface area (Å²) in [7, 11) is 0. The lowest BCUT2D eigenvalue weighted by Crippen LogP contribution is -2.17. The molecular formula is C18H16IN3O. The van der Waals surface area contributed by atoms with Crippen LogP contribution in [0.25, 0.3) is 0 Å². The van der Waals surface area contributed by atoms with Gasteiger partial charge in [-0.25, -0.2) is 4.68 Å². The number of hydrogen-bond acceptors (Lipinski definition) is 2. The third kappa shape index (κ3) is 3.79. The zero-order valence-electron chi connectivity index (χ0n) is 12.7. The molecule has 0 aliphatic rings. The number of benzene rings is 2. The molecule has 1 aromatic heterocycles. The van der Waals surface area contributed by atoms with E-state index in [0.29, 0.717) is 17.9 Å². The molecule has 3 rings (SSSR count). The van der Waals surface area contributed by atoms with Crippen molar-refractivity contribution >= 4 is 34.3 Å². The number of nitrogens with one attached hydrogen (secondary N) is 1. The normalized spacial score (nSPS) is 10.5. The van der Waals surface area contributed by atoms with Gasteiger partial charge in [-0.05, 0) is 47.2 Å².